The Kier molecular flexibility index (Phi) is 5.81. The van der Waals surface area contributed by atoms with Gasteiger partial charge in [-0.3, -0.25) is 0 Å². The van der Waals surface area contributed by atoms with Gasteiger partial charge < -0.3 is 14.4 Å². The lowest BCUT2D eigenvalue weighted by atomic mass is 10.0. The molecule has 37 heavy (non-hydrogen) atoms. The summed E-state index contributed by atoms with van der Waals surface area (Å²) in [7, 11) is 0. The Labute approximate surface area is 214 Å². The standard InChI is InChI=1S/C29H22N6O2/c1-2-23-8-9-24(16-31-23)37-26-17-34(18-26)28-10-7-21(14-32-28)27-12-25(36-11-3-4-20-5-6-20)19-35-29(27)22(13-30)15-33-35/h1,7-10,12,14-16,19-20,26H,5-6,11,17-18H2. The van der Waals surface area contributed by atoms with Gasteiger partial charge in [-0.25, -0.2) is 14.5 Å². The van der Waals surface area contributed by atoms with E-state index < -0.39 is 0 Å². The van der Waals surface area contributed by atoms with Crippen LogP contribution in [-0.4, -0.2) is 45.4 Å². The molecule has 0 N–H and O–H groups in total. The van der Waals surface area contributed by atoms with Gasteiger partial charge in [-0.05, 0) is 43.2 Å². The van der Waals surface area contributed by atoms with Gasteiger partial charge in [-0.15, -0.1) is 6.42 Å². The van der Waals surface area contributed by atoms with Crippen LogP contribution in [0.5, 0.6) is 11.5 Å². The van der Waals surface area contributed by atoms with Crippen LogP contribution < -0.4 is 14.4 Å². The van der Waals surface area contributed by atoms with Crippen molar-refractivity contribution in [2.75, 3.05) is 24.6 Å². The Bertz CT molecular complexity index is 1590. The minimum absolute atomic E-state index is 0.0569. The molecule has 8 nitrogen and oxygen atoms in total. The number of hydrogen-bond acceptors (Lipinski definition) is 7. The zero-order valence-electron chi connectivity index (χ0n) is 20.0. The molecule has 5 heterocycles. The average molecular weight is 487 g/mol. The molecule has 1 aliphatic carbocycles. The van der Waals surface area contributed by atoms with E-state index in [0.717, 1.165) is 35.6 Å². The van der Waals surface area contributed by atoms with Crippen LogP contribution in [0, 0.1) is 41.4 Å². The highest BCUT2D eigenvalue weighted by Gasteiger charge is 2.29. The predicted molar refractivity (Wildman–Crippen MR) is 138 cm³/mol. The quantitative estimate of drug-likeness (QED) is 0.384. The molecular weight excluding hydrogens is 464 g/mol. The molecule has 2 aliphatic rings. The van der Waals surface area contributed by atoms with Crippen molar-refractivity contribution in [1.82, 2.24) is 19.6 Å². The highest BCUT2D eigenvalue weighted by atomic mass is 16.5. The Hall–Kier alpha value is -5.00. The zero-order chi connectivity index (χ0) is 25.2. The monoisotopic (exact) mass is 486 g/mol. The molecule has 1 saturated carbocycles. The first-order valence-corrected chi connectivity index (χ1v) is 12.0. The number of nitriles is 1. The number of rotatable bonds is 6. The highest BCUT2D eigenvalue weighted by Crippen LogP contribution is 2.32. The van der Waals surface area contributed by atoms with Crippen molar-refractivity contribution in [2.24, 2.45) is 5.92 Å². The summed E-state index contributed by atoms with van der Waals surface area (Å²) in [4.78, 5) is 11.0. The number of anilines is 1. The van der Waals surface area contributed by atoms with Crippen molar-refractivity contribution in [3.05, 3.63) is 66.4 Å². The third kappa shape index (κ3) is 4.76. The van der Waals surface area contributed by atoms with Crippen LogP contribution in [0.1, 0.15) is 24.1 Å². The van der Waals surface area contributed by atoms with Crippen LogP contribution in [0.2, 0.25) is 0 Å². The Balaban J connectivity index is 1.17. The molecule has 0 atom stereocenters. The topological polar surface area (TPSA) is 88.6 Å². The van der Waals surface area contributed by atoms with Crippen molar-refractivity contribution in [3.63, 3.8) is 0 Å². The first-order valence-electron chi connectivity index (χ1n) is 12.0. The normalized spacial score (nSPS) is 14.7. The molecule has 1 aliphatic heterocycles. The minimum atomic E-state index is 0.0569. The third-order valence-corrected chi connectivity index (χ3v) is 6.32. The molecule has 0 amide bonds. The summed E-state index contributed by atoms with van der Waals surface area (Å²) in [5.74, 6) is 11.5. The number of aromatic nitrogens is 4. The van der Waals surface area contributed by atoms with Crippen LogP contribution in [0.4, 0.5) is 5.82 Å². The smallest absolute Gasteiger partial charge is 0.149 e. The van der Waals surface area contributed by atoms with E-state index in [1.807, 2.05) is 30.5 Å². The Morgan fingerprint density at radius 1 is 1.05 bits per heavy atom. The SMILES string of the molecule is C#Cc1ccc(OC2CN(c3ccc(-c4cc(OCC#CC5CC5)cn5ncc(C#N)c45)cn3)C2)cn1. The van der Waals surface area contributed by atoms with E-state index in [0.29, 0.717) is 35.3 Å². The average Bonchev–Trinajstić information content (AvgIpc) is 3.65. The van der Waals surface area contributed by atoms with Gasteiger partial charge in [0.15, 0.2) is 0 Å². The molecule has 2 fully saturated rings. The molecule has 8 heteroatoms. The second-order valence-corrected chi connectivity index (χ2v) is 9.01. The Morgan fingerprint density at radius 2 is 1.95 bits per heavy atom. The number of fused-ring (bicyclic) bond motifs is 1. The number of terminal acetylenes is 1. The minimum Gasteiger partial charge on any atom is -0.485 e. The van der Waals surface area contributed by atoms with Gasteiger partial charge in [0.1, 0.15) is 41.8 Å². The second kappa shape index (κ2) is 9.57. The Morgan fingerprint density at radius 3 is 2.65 bits per heavy atom. The maximum Gasteiger partial charge on any atom is 0.149 e. The van der Waals surface area contributed by atoms with E-state index in [4.69, 9.17) is 15.9 Å². The third-order valence-electron chi connectivity index (χ3n) is 6.32. The second-order valence-electron chi connectivity index (χ2n) is 9.01. The van der Waals surface area contributed by atoms with E-state index in [1.54, 1.807) is 29.2 Å². The number of nitrogens with zero attached hydrogens (tertiary/aromatic N) is 6. The first kappa shape index (κ1) is 22.5. The van der Waals surface area contributed by atoms with Gasteiger partial charge in [0.25, 0.3) is 0 Å². The molecule has 4 aromatic heterocycles. The van der Waals surface area contributed by atoms with Gasteiger partial charge >= 0.3 is 0 Å². The molecule has 0 aromatic carbocycles. The van der Waals surface area contributed by atoms with Crippen LogP contribution in [0.3, 0.4) is 0 Å². The van der Waals surface area contributed by atoms with Gasteiger partial charge in [-0.2, -0.15) is 10.4 Å². The summed E-state index contributed by atoms with van der Waals surface area (Å²) in [6.45, 7) is 1.76. The van der Waals surface area contributed by atoms with Crippen LogP contribution in [0.15, 0.2) is 55.1 Å². The van der Waals surface area contributed by atoms with E-state index >= 15 is 0 Å². The summed E-state index contributed by atoms with van der Waals surface area (Å²) in [6, 6.07) is 11.7. The first-order chi connectivity index (χ1) is 18.2. The molecule has 1 saturated heterocycles. The zero-order valence-corrected chi connectivity index (χ0v) is 20.0. The molecule has 0 spiro atoms. The lowest BCUT2D eigenvalue weighted by molar-refractivity contribution is 0.166. The fraction of sp³-hybridized carbons (Fsp3) is 0.241. The maximum atomic E-state index is 9.61. The lowest BCUT2D eigenvalue weighted by Gasteiger charge is -2.39. The van der Waals surface area contributed by atoms with E-state index in [9.17, 15) is 5.26 Å². The fourth-order valence-corrected chi connectivity index (χ4v) is 4.17. The molecule has 0 bridgehead atoms. The predicted octanol–water partition coefficient (Wildman–Crippen LogP) is 3.70. The molecule has 4 aromatic rings. The van der Waals surface area contributed by atoms with Gasteiger partial charge in [0.2, 0.25) is 0 Å². The van der Waals surface area contributed by atoms with Crippen molar-refractivity contribution in [2.45, 2.75) is 18.9 Å². The summed E-state index contributed by atoms with van der Waals surface area (Å²) in [5.41, 5.74) is 3.49. The van der Waals surface area contributed by atoms with Crippen molar-refractivity contribution >= 4 is 11.3 Å². The number of pyridine rings is 3. The van der Waals surface area contributed by atoms with E-state index in [1.165, 1.54) is 12.8 Å². The van der Waals surface area contributed by atoms with Crippen LogP contribution in [0.25, 0.3) is 16.6 Å². The lowest BCUT2D eigenvalue weighted by Crippen LogP contribution is -2.54. The van der Waals surface area contributed by atoms with Gasteiger partial charge in [-0.1, -0.05) is 17.8 Å². The largest absolute Gasteiger partial charge is 0.485 e. The fourth-order valence-electron chi connectivity index (χ4n) is 4.17. The van der Waals surface area contributed by atoms with Crippen LogP contribution >= 0.6 is 0 Å². The molecule has 0 unspecified atom stereocenters. The van der Waals surface area contributed by atoms with Crippen LogP contribution in [-0.2, 0) is 0 Å². The summed E-state index contributed by atoms with van der Waals surface area (Å²) in [6.07, 6.45) is 14.6. The molecule has 180 valence electrons. The molecule has 6 rings (SSSR count). The van der Waals surface area contributed by atoms with Crippen molar-refractivity contribution in [3.8, 4) is 52.9 Å². The summed E-state index contributed by atoms with van der Waals surface area (Å²) >= 11 is 0. The van der Waals surface area contributed by atoms with E-state index in [2.05, 4.69) is 43.8 Å². The summed E-state index contributed by atoms with van der Waals surface area (Å²) < 4.78 is 13.5. The molecular formula is C29H22N6O2. The highest BCUT2D eigenvalue weighted by molar-refractivity contribution is 5.85. The summed E-state index contributed by atoms with van der Waals surface area (Å²) in [5, 5.41) is 14.0. The van der Waals surface area contributed by atoms with E-state index in [-0.39, 0.29) is 6.10 Å². The van der Waals surface area contributed by atoms with Gasteiger partial charge in [0.05, 0.1) is 42.8 Å². The van der Waals surface area contributed by atoms with Gasteiger partial charge in [0, 0.05) is 23.2 Å². The maximum absolute atomic E-state index is 9.61. The molecule has 0 radical (unpaired) electrons. The van der Waals surface area contributed by atoms with Crippen molar-refractivity contribution < 1.29 is 9.47 Å². The van der Waals surface area contributed by atoms with Crippen molar-refractivity contribution in [1.29, 1.82) is 5.26 Å². The number of ether oxygens (including phenoxy) is 2. The number of hydrogen-bond donors (Lipinski definition) is 0.